The Balaban J connectivity index is 2.28. The Bertz CT molecular complexity index is 356. The summed E-state index contributed by atoms with van der Waals surface area (Å²) in [7, 11) is 1.91. The van der Waals surface area contributed by atoms with E-state index in [1.807, 2.05) is 36.3 Å². The van der Waals surface area contributed by atoms with Crippen LogP contribution >= 0.6 is 0 Å². The van der Waals surface area contributed by atoms with Crippen LogP contribution in [-0.2, 0) is 0 Å². The minimum Gasteiger partial charge on any atom is -0.367 e. The highest BCUT2D eigenvalue weighted by Crippen LogP contribution is 2.18. The molecule has 0 spiro atoms. The second-order valence-corrected chi connectivity index (χ2v) is 3.31. The molecule has 14 heavy (non-hydrogen) atoms. The van der Waals surface area contributed by atoms with Gasteiger partial charge in [0, 0.05) is 13.2 Å². The van der Waals surface area contributed by atoms with Crippen LogP contribution in [0.5, 0.6) is 0 Å². The first kappa shape index (κ1) is 8.81. The van der Waals surface area contributed by atoms with Crippen molar-refractivity contribution in [2.75, 3.05) is 7.05 Å². The van der Waals surface area contributed by atoms with E-state index >= 15 is 0 Å². The topological polar surface area (TPSA) is 39.1 Å². The number of rotatable bonds is 1. The van der Waals surface area contributed by atoms with E-state index in [0.717, 1.165) is 0 Å². The van der Waals surface area contributed by atoms with Crippen LogP contribution in [-0.4, -0.2) is 17.8 Å². The maximum atomic E-state index is 7.67. The number of hydrogen-bond acceptors (Lipinski definition) is 2. The van der Waals surface area contributed by atoms with Gasteiger partial charge in [-0.25, -0.2) is 0 Å². The van der Waals surface area contributed by atoms with Gasteiger partial charge >= 0.3 is 0 Å². The molecule has 1 atom stereocenters. The molecule has 1 aliphatic heterocycles. The van der Waals surface area contributed by atoms with E-state index in [-0.39, 0.29) is 6.17 Å². The summed E-state index contributed by atoms with van der Waals surface area (Å²) in [6.07, 6.45) is 3.65. The average molecular weight is 187 g/mol. The summed E-state index contributed by atoms with van der Waals surface area (Å²) >= 11 is 0. The standard InChI is InChI=1S/C11H13N3/c1-14-10(12)7-8-13-11(14)9-5-3-2-4-6-9/h2-8,11-13H,1H3. The van der Waals surface area contributed by atoms with Gasteiger partial charge in [-0.3, -0.25) is 5.41 Å². The van der Waals surface area contributed by atoms with Crippen LogP contribution in [0, 0.1) is 5.41 Å². The van der Waals surface area contributed by atoms with Crippen molar-refractivity contribution in [3.05, 3.63) is 48.2 Å². The van der Waals surface area contributed by atoms with E-state index in [2.05, 4.69) is 17.4 Å². The number of benzene rings is 1. The Morgan fingerprint density at radius 1 is 1.29 bits per heavy atom. The van der Waals surface area contributed by atoms with E-state index in [4.69, 9.17) is 5.41 Å². The van der Waals surface area contributed by atoms with Gasteiger partial charge in [0.15, 0.2) is 0 Å². The van der Waals surface area contributed by atoms with Gasteiger partial charge in [-0.05, 0) is 11.6 Å². The number of likely N-dealkylation sites (N-methyl/N-ethyl adjacent to an activating group) is 1. The summed E-state index contributed by atoms with van der Waals surface area (Å²) in [6, 6.07) is 10.1. The zero-order valence-electron chi connectivity index (χ0n) is 8.07. The van der Waals surface area contributed by atoms with Crippen LogP contribution in [0.25, 0.3) is 0 Å². The third kappa shape index (κ3) is 1.48. The summed E-state index contributed by atoms with van der Waals surface area (Å²) in [6.45, 7) is 0. The second kappa shape index (κ2) is 3.54. The van der Waals surface area contributed by atoms with Crippen LogP contribution in [0.3, 0.4) is 0 Å². The second-order valence-electron chi connectivity index (χ2n) is 3.31. The Kier molecular flexibility index (Phi) is 2.23. The van der Waals surface area contributed by atoms with Gasteiger partial charge in [0.25, 0.3) is 0 Å². The van der Waals surface area contributed by atoms with Crippen molar-refractivity contribution in [1.29, 1.82) is 5.41 Å². The first-order valence-electron chi connectivity index (χ1n) is 4.58. The fourth-order valence-electron chi connectivity index (χ4n) is 1.54. The van der Waals surface area contributed by atoms with E-state index in [1.165, 1.54) is 5.56 Å². The van der Waals surface area contributed by atoms with Crippen molar-refractivity contribution in [1.82, 2.24) is 10.2 Å². The Labute approximate surface area is 83.6 Å². The van der Waals surface area contributed by atoms with Gasteiger partial charge in [-0.1, -0.05) is 30.3 Å². The van der Waals surface area contributed by atoms with E-state index in [9.17, 15) is 0 Å². The van der Waals surface area contributed by atoms with Crippen molar-refractivity contribution in [3.63, 3.8) is 0 Å². The molecule has 0 aromatic heterocycles. The molecule has 0 fully saturated rings. The Morgan fingerprint density at radius 2 is 2.00 bits per heavy atom. The van der Waals surface area contributed by atoms with Crippen molar-refractivity contribution >= 4 is 5.84 Å². The van der Waals surface area contributed by atoms with Crippen molar-refractivity contribution in [2.45, 2.75) is 6.17 Å². The summed E-state index contributed by atoms with van der Waals surface area (Å²) in [4.78, 5) is 1.90. The molecule has 1 aromatic carbocycles. The van der Waals surface area contributed by atoms with E-state index in [0.29, 0.717) is 5.84 Å². The number of amidine groups is 1. The molecule has 1 unspecified atom stereocenters. The SMILES string of the molecule is CN1C(=N)C=CNC1c1ccccc1. The predicted octanol–water partition coefficient (Wildman–Crippen LogP) is 1.71. The predicted molar refractivity (Wildman–Crippen MR) is 56.9 cm³/mol. The zero-order chi connectivity index (χ0) is 9.97. The van der Waals surface area contributed by atoms with Crippen molar-refractivity contribution < 1.29 is 0 Å². The highest BCUT2D eigenvalue weighted by atomic mass is 15.3. The van der Waals surface area contributed by atoms with Gasteiger partial charge < -0.3 is 10.2 Å². The molecule has 2 N–H and O–H groups in total. The van der Waals surface area contributed by atoms with Crippen LogP contribution in [0.4, 0.5) is 0 Å². The van der Waals surface area contributed by atoms with Crippen molar-refractivity contribution in [3.8, 4) is 0 Å². The molecule has 1 heterocycles. The number of hydrogen-bond donors (Lipinski definition) is 2. The largest absolute Gasteiger partial charge is 0.367 e. The molecule has 1 aliphatic rings. The quantitative estimate of drug-likeness (QED) is 0.702. The highest BCUT2D eigenvalue weighted by Gasteiger charge is 2.19. The van der Waals surface area contributed by atoms with Crippen molar-refractivity contribution in [2.24, 2.45) is 0 Å². The molecule has 0 saturated carbocycles. The summed E-state index contributed by atoms with van der Waals surface area (Å²) in [5.41, 5.74) is 1.17. The fourth-order valence-corrected chi connectivity index (χ4v) is 1.54. The molecule has 3 heteroatoms. The van der Waals surface area contributed by atoms with Gasteiger partial charge in [0.1, 0.15) is 12.0 Å². The first-order chi connectivity index (χ1) is 6.79. The van der Waals surface area contributed by atoms with E-state index < -0.39 is 0 Å². The molecule has 0 saturated heterocycles. The Hall–Kier alpha value is -1.77. The molecule has 0 amide bonds. The maximum Gasteiger partial charge on any atom is 0.126 e. The summed E-state index contributed by atoms with van der Waals surface area (Å²) in [5, 5.41) is 10.9. The molecule has 1 aromatic rings. The molecular weight excluding hydrogens is 174 g/mol. The average Bonchev–Trinajstić information content (AvgIpc) is 2.23. The maximum absolute atomic E-state index is 7.67. The minimum absolute atomic E-state index is 0.0775. The third-order valence-corrected chi connectivity index (χ3v) is 2.38. The normalized spacial score (nSPS) is 20.8. The van der Waals surface area contributed by atoms with Gasteiger partial charge in [-0.15, -0.1) is 0 Å². The highest BCUT2D eigenvalue weighted by molar-refractivity contribution is 5.90. The minimum atomic E-state index is 0.0775. The number of nitrogens with one attached hydrogen (secondary N) is 2. The molecule has 0 radical (unpaired) electrons. The molecule has 0 bridgehead atoms. The molecule has 72 valence electrons. The van der Waals surface area contributed by atoms with Gasteiger partial charge in [0.2, 0.25) is 0 Å². The lowest BCUT2D eigenvalue weighted by molar-refractivity contribution is 0.333. The number of nitrogens with zero attached hydrogens (tertiary/aromatic N) is 1. The summed E-state index contributed by atoms with van der Waals surface area (Å²) in [5.74, 6) is 0.526. The van der Waals surface area contributed by atoms with Crippen LogP contribution in [0.1, 0.15) is 11.7 Å². The molecule has 2 rings (SSSR count). The monoisotopic (exact) mass is 187 g/mol. The van der Waals surface area contributed by atoms with Crippen LogP contribution < -0.4 is 5.32 Å². The lowest BCUT2D eigenvalue weighted by atomic mass is 10.1. The zero-order valence-corrected chi connectivity index (χ0v) is 8.07. The van der Waals surface area contributed by atoms with Crippen LogP contribution in [0.2, 0.25) is 0 Å². The molecule has 3 nitrogen and oxygen atoms in total. The summed E-state index contributed by atoms with van der Waals surface area (Å²) < 4.78 is 0. The lowest BCUT2D eigenvalue weighted by Crippen LogP contribution is -2.39. The lowest BCUT2D eigenvalue weighted by Gasteiger charge is -2.32. The fraction of sp³-hybridized carbons (Fsp3) is 0.182. The van der Waals surface area contributed by atoms with Gasteiger partial charge in [-0.2, -0.15) is 0 Å². The Morgan fingerprint density at radius 3 is 2.71 bits per heavy atom. The first-order valence-corrected chi connectivity index (χ1v) is 4.58. The third-order valence-electron chi connectivity index (χ3n) is 2.38. The van der Waals surface area contributed by atoms with Gasteiger partial charge in [0.05, 0.1) is 0 Å². The molecule has 0 aliphatic carbocycles. The van der Waals surface area contributed by atoms with E-state index in [1.54, 1.807) is 6.08 Å². The smallest absolute Gasteiger partial charge is 0.126 e. The molecular formula is C11H13N3. The van der Waals surface area contributed by atoms with Crippen LogP contribution in [0.15, 0.2) is 42.6 Å².